The van der Waals surface area contributed by atoms with Crippen LogP contribution in [0.4, 0.5) is 11.4 Å². The van der Waals surface area contributed by atoms with Crippen LogP contribution in [0.1, 0.15) is 12.0 Å². The molecule has 0 heterocycles. The summed E-state index contributed by atoms with van der Waals surface area (Å²) in [5.74, 6) is -1.15. The summed E-state index contributed by atoms with van der Waals surface area (Å²) >= 11 is 12.5. The topological polar surface area (TPSA) is 148 Å². The maximum absolute atomic E-state index is 12.9. The number of carbonyl (C=O) groups is 1. The average molecular weight is 507 g/mol. The van der Waals surface area contributed by atoms with Gasteiger partial charge in [-0.2, -0.15) is 0 Å². The quantitative estimate of drug-likeness (QED) is 0.263. The predicted octanol–water partition coefficient (Wildman–Crippen LogP) is 4.38. The summed E-state index contributed by atoms with van der Waals surface area (Å²) in [5, 5.41) is 9.76. The molecule has 172 valence electrons. The first-order valence-electron chi connectivity index (χ1n) is 9.58. The normalized spacial score (nSPS) is 11.1. The van der Waals surface area contributed by atoms with Crippen LogP contribution in [0.2, 0.25) is 10.0 Å². The molecule has 0 fully saturated rings. The molecule has 0 spiro atoms. The number of hydrogen-bond acceptors (Lipinski definition) is 4. The molecule has 0 unspecified atom stereocenters. The number of nitrogens with one attached hydrogen (secondary N) is 1. The highest BCUT2D eigenvalue weighted by Gasteiger charge is 2.17. The number of aryl methyl sites for hydroxylation is 1. The fraction of sp³-hybridized carbons (Fsp3) is 0.0909. The minimum atomic E-state index is -3.95. The van der Waals surface area contributed by atoms with E-state index in [9.17, 15) is 13.2 Å². The van der Waals surface area contributed by atoms with Gasteiger partial charge in [-0.25, -0.2) is 13.4 Å². The third-order valence-corrected chi connectivity index (χ3v) is 6.43. The summed E-state index contributed by atoms with van der Waals surface area (Å²) in [4.78, 5) is 14.9. The van der Waals surface area contributed by atoms with Gasteiger partial charge >= 0.3 is 5.97 Å². The molecule has 0 saturated heterocycles. The smallest absolute Gasteiger partial charge is 0.303 e. The van der Waals surface area contributed by atoms with Crippen molar-refractivity contribution >= 4 is 56.5 Å². The summed E-state index contributed by atoms with van der Waals surface area (Å²) in [6.07, 6.45) is 0.0978. The number of rotatable bonds is 8. The van der Waals surface area contributed by atoms with Gasteiger partial charge in [0, 0.05) is 22.7 Å². The molecule has 11 heteroatoms. The van der Waals surface area contributed by atoms with Crippen molar-refractivity contribution in [1.29, 1.82) is 0 Å². The Labute approximate surface area is 200 Å². The first-order valence-corrected chi connectivity index (χ1v) is 11.8. The molecule has 0 aromatic heterocycles. The zero-order valence-corrected chi connectivity index (χ0v) is 19.5. The van der Waals surface area contributed by atoms with Crippen LogP contribution in [-0.2, 0) is 21.2 Å². The number of carboxylic acid groups (broad SMARTS) is 1. The molecule has 3 rings (SSSR count). The number of nitrogens with zero attached hydrogens (tertiary/aromatic N) is 1. The van der Waals surface area contributed by atoms with E-state index in [1.807, 2.05) is 0 Å². The average Bonchev–Trinajstić information content (AvgIpc) is 2.71. The van der Waals surface area contributed by atoms with Gasteiger partial charge in [0.2, 0.25) is 0 Å². The summed E-state index contributed by atoms with van der Waals surface area (Å²) in [6, 6.07) is 15.6. The van der Waals surface area contributed by atoms with Gasteiger partial charge in [-0.3, -0.25) is 9.52 Å². The van der Waals surface area contributed by atoms with Crippen LogP contribution in [0.3, 0.4) is 0 Å². The molecule has 3 aromatic rings. The zero-order valence-electron chi connectivity index (χ0n) is 17.1. The Morgan fingerprint density at radius 2 is 1.76 bits per heavy atom. The first-order chi connectivity index (χ1) is 15.5. The second kappa shape index (κ2) is 10.1. The summed E-state index contributed by atoms with van der Waals surface area (Å²) in [6.45, 7) is 0. The lowest BCUT2D eigenvalue weighted by molar-refractivity contribution is -0.136. The maximum atomic E-state index is 12.9. The molecular formula is C22H20Cl2N4O4S. The minimum absolute atomic E-state index is 0.0259. The van der Waals surface area contributed by atoms with E-state index in [1.54, 1.807) is 42.5 Å². The Kier molecular flexibility index (Phi) is 7.47. The maximum Gasteiger partial charge on any atom is 0.303 e. The largest absolute Gasteiger partial charge is 0.481 e. The predicted molar refractivity (Wildman–Crippen MR) is 131 cm³/mol. The van der Waals surface area contributed by atoms with Gasteiger partial charge < -0.3 is 16.6 Å². The van der Waals surface area contributed by atoms with Crippen molar-refractivity contribution in [3.8, 4) is 11.1 Å². The molecule has 33 heavy (non-hydrogen) atoms. The lowest BCUT2D eigenvalue weighted by Gasteiger charge is -2.14. The second-order valence-corrected chi connectivity index (χ2v) is 9.56. The molecule has 0 amide bonds. The van der Waals surface area contributed by atoms with E-state index in [4.69, 9.17) is 39.8 Å². The number of anilines is 1. The van der Waals surface area contributed by atoms with E-state index in [2.05, 4.69) is 9.71 Å². The highest BCUT2D eigenvalue weighted by atomic mass is 35.5. The van der Waals surface area contributed by atoms with Crippen molar-refractivity contribution in [2.45, 2.75) is 17.7 Å². The van der Waals surface area contributed by atoms with E-state index in [-0.39, 0.29) is 29.4 Å². The third kappa shape index (κ3) is 6.38. The number of nitrogens with two attached hydrogens (primary N) is 2. The van der Waals surface area contributed by atoms with Crippen LogP contribution in [0, 0.1) is 0 Å². The van der Waals surface area contributed by atoms with Crippen LogP contribution >= 0.6 is 23.2 Å². The monoisotopic (exact) mass is 506 g/mol. The molecule has 8 nitrogen and oxygen atoms in total. The zero-order chi connectivity index (χ0) is 24.2. The van der Waals surface area contributed by atoms with Gasteiger partial charge in [0.25, 0.3) is 10.0 Å². The number of halogens is 2. The van der Waals surface area contributed by atoms with Gasteiger partial charge in [-0.05, 0) is 60.0 Å². The molecular weight excluding hydrogens is 487 g/mol. The van der Waals surface area contributed by atoms with Crippen LogP contribution in [0.25, 0.3) is 11.1 Å². The molecule has 0 aliphatic rings. The van der Waals surface area contributed by atoms with E-state index < -0.39 is 16.0 Å². The van der Waals surface area contributed by atoms with Crippen molar-refractivity contribution in [1.82, 2.24) is 0 Å². The molecule has 3 aromatic carbocycles. The number of guanidine groups is 1. The number of aliphatic carboxylic acids is 1. The molecule has 0 aliphatic heterocycles. The molecule has 0 saturated carbocycles. The van der Waals surface area contributed by atoms with Gasteiger partial charge in [0.1, 0.15) is 0 Å². The Morgan fingerprint density at radius 3 is 2.45 bits per heavy atom. The molecule has 0 bridgehead atoms. The van der Waals surface area contributed by atoms with Crippen molar-refractivity contribution in [2.75, 3.05) is 4.72 Å². The SMILES string of the molecule is NC(N)=Nc1cccc(S(=O)(=O)Nc2cccc(-c3c(Cl)cc(Cl)cc3CCC(=O)O)c2)c1. The highest BCUT2D eigenvalue weighted by Crippen LogP contribution is 2.36. The lowest BCUT2D eigenvalue weighted by atomic mass is 9.96. The van der Waals surface area contributed by atoms with E-state index >= 15 is 0 Å². The fourth-order valence-electron chi connectivity index (χ4n) is 3.21. The molecule has 0 atom stereocenters. The fourth-order valence-corrected chi connectivity index (χ4v) is 4.94. The Balaban J connectivity index is 1.97. The van der Waals surface area contributed by atoms with Crippen molar-refractivity contribution < 1.29 is 18.3 Å². The minimum Gasteiger partial charge on any atom is -0.481 e. The Hall–Kier alpha value is -3.27. The number of hydrogen-bond donors (Lipinski definition) is 4. The van der Waals surface area contributed by atoms with Crippen LogP contribution < -0.4 is 16.2 Å². The Bertz CT molecular complexity index is 1340. The number of benzene rings is 3. The van der Waals surface area contributed by atoms with E-state index in [1.165, 1.54) is 18.2 Å². The lowest BCUT2D eigenvalue weighted by Crippen LogP contribution is -2.22. The highest BCUT2D eigenvalue weighted by molar-refractivity contribution is 7.92. The van der Waals surface area contributed by atoms with Gasteiger partial charge in [0.15, 0.2) is 5.96 Å². The van der Waals surface area contributed by atoms with Crippen LogP contribution in [0.15, 0.2) is 70.6 Å². The van der Waals surface area contributed by atoms with Crippen molar-refractivity contribution in [3.05, 3.63) is 76.3 Å². The second-order valence-electron chi connectivity index (χ2n) is 7.04. The van der Waals surface area contributed by atoms with Crippen LogP contribution in [0.5, 0.6) is 0 Å². The number of sulfonamides is 1. The summed E-state index contributed by atoms with van der Waals surface area (Å²) in [5.41, 5.74) is 13.1. The summed E-state index contributed by atoms with van der Waals surface area (Å²) in [7, 11) is -3.95. The third-order valence-electron chi connectivity index (χ3n) is 4.53. The number of carboxylic acids is 1. The van der Waals surface area contributed by atoms with Crippen molar-refractivity contribution in [2.24, 2.45) is 16.5 Å². The van der Waals surface area contributed by atoms with Gasteiger partial charge in [-0.15, -0.1) is 0 Å². The van der Waals surface area contributed by atoms with Crippen molar-refractivity contribution in [3.63, 3.8) is 0 Å². The molecule has 0 aliphatic carbocycles. The summed E-state index contributed by atoms with van der Waals surface area (Å²) < 4.78 is 28.3. The number of aliphatic imine (C=N–C) groups is 1. The van der Waals surface area contributed by atoms with Gasteiger partial charge in [0.05, 0.1) is 15.6 Å². The first kappa shape index (κ1) is 24.4. The Morgan fingerprint density at radius 1 is 1.03 bits per heavy atom. The standard InChI is InChI=1S/C22H20Cl2N4O4S/c23-15-9-14(7-8-20(29)30)21(19(24)11-15)13-3-1-5-17(10-13)28-33(31,32)18-6-2-4-16(12-18)27-22(25)26/h1-6,9-12,28H,7-8H2,(H,29,30)(H4,25,26,27). The van der Waals surface area contributed by atoms with E-state index in [0.717, 1.165) is 0 Å². The molecule has 6 N–H and O–H groups in total. The molecule has 0 radical (unpaired) electrons. The van der Waals surface area contributed by atoms with E-state index in [0.29, 0.717) is 32.4 Å². The van der Waals surface area contributed by atoms with Crippen LogP contribution in [-0.4, -0.2) is 25.5 Å². The van der Waals surface area contributed by atoms with Gasteiger partial charge in [-0.1, -0.05) is 41.4 Å².